The van der Waals surface area contributed by atoms with Crippen LogP contribution in [0.15, 0.2) is 35.8 Å². The number of carbonyl (C=O) groups is 4. The standard InChI is InChI=1S/C31H39F2N6O7PS2/c1-3-45-47(44,46-4-2)31(32,33)19-5-9-24-18(15-19)16-25(49-24)28(42)38-22-17-35-12-11-20-6-8-23(39(20)30(22)43)27(41)37-21(7-10-26(34)40)29-36-13-14-48-29/h5,9,13-16,20-23,35H,3-4,6-8,10-12,17H2,1-2H3,(H2,34,40)(H,37,41)(H,38,42)/t20-,21+,22+,23+/m1/s1. The number of thiophene rings is 1. The minimum atomic E-state index is -4.83. The number of rotatable bonds is 14. The van der Waals surface area contributed by atoms with Gasteiger partial charge in [0.1, 0.15) is 17.1 Å². The third kappa shape index (κ3) is 8.02. The average molecular weight is 741 g/mol. The summed E-state index contributed by atoms with van der Waals surface area (Å²) in [6, 6.07) is 2.52. The lowest BCUT2D eigenvalue weighted by atomic mass is 10.1. The predicted molar refractivity (Wildman–Crippen MR) is 180 cm³/mol. The highest BCUT2D eigenvalue weighted by Gasteiger charge is 2.55. The van der Waals surface area contributed by atoms with Crippen molar-refractivity contribution in [1.82, 2.24) is 25.8 Å². The Morgan fingerprint density at radius 1 is 1.18 bits per heavy atom. The van der Waals surface area contributed by atoms with E-state index in [1.54, 1.807) is 16.5 Å². The zero-order valence-corrected chi connectivity index (χ0v) is 29.5. The fourth-order valence-electron chi connectivity index (χ4n) is 6.14. The van der Waals surface area contributed by atoms with Gasteiger partial charge in [0.2, 0.25) is 17.7 Å². The molecule has 0 bridgehead atoms. The van der Waals surface area contributed by atoms with Crippen LogP contribution in [-0.4, -0.2) is 77.9 Å². The summed E-state index contributed by atoms with van der Waals surface area (Å²) < 4.78 is 54.1. The van der Waals surface area contributed by atoms with E-state index in [1.807, 2.05) is 0 Å². The van der Waals surface area contributed by atoms with E-state index in [4.69, 9.17) is 14.8 Å². The van der Waals surface area contributed by atoms with Crippen LogP contribution in [0.2, 0.25) is 0 Å². The molecule has 0 aliphatic carbocycles. The normalized spacial score (nSPS) is 20.8. The van der Waals surface area contributed by atoms with E-state index in [9.17, 15) is 23.7 Å². The van der Waals surface area contributed by atoms with Crippen LogP contribution in [0, 0.1) is 0 Å². The molecular formula is C31H39F2N6O7PS2. The number of nitrogens with zero attached hydrogens (tertiary/aromatic N) is 2. The number of primary amides is 1. The number of nitrogens with one attached hydrogen (secondary N) is 3. The number of thiazole rings is 1. The molecular weight excluding hydrogens is 701 g/mol. The average Bonchev–Trinajstić information content (AvgIpc) is 3.83. The monoisotopic (exact) mass is 740 g/mol. The molecule has 4 amide bonds. The predicted octanol–water partition coefficient (Wildman–Crippen LogP) is 4.25. The fraction of sp³-hybridized carbons (Fsp3) is 0.516. The lowest BCUT2D eigenvalue weighted by Gasteiger charge is -2.35. The van der Waals surface area contributed by atoms with Crippen LogP contribution in [0.1, 0.15) is 72.2 Å². The van der Waals surface area contributed by atoms with Crippen LogP contribution >= 0.6 is 30.3 Å². The van der Waals surface area contributed by atoms with Gasteiger partial charge >= 0.3 is 13.3 Å². The minimum Gasteiger partial charge on any atom is -0.370 e. The fourth-order valence-corrected chi connectivity index (χ4v) is 9.34. The number of alkyl halides is 2. The van der Waals surface area contributed by atoms with Gasteiger partial charge in [-0.3, -0.25) is 23.7 Å². The lowest BCUT2D eigenvalue weighted by molar-refractivity contribution is -0.142. The summed E-state index contributed by atoms with van der Waals surface area (Å²) in [5.74, 6) is -1.89. The topological polar surface area (TPSA) is 182 Å². The quantitative estimate of drug-likeness (QED) is 0.176. The van der Waals surface area contributed by atoms with E-state index in [0.29, 0.717) is 40.9 Å². The number of nitrogens with two attached hydrogens (primary N) is 1. The summed E-state index contributed by atoms with van der Waals surface area (Å²) in [5, 5.41) is 11.6. The first kappa shape index (κ1) is 36.9. The Hall–Kier alpha value is -3.34. The summed E-state index contributed by atoms with van der Waals surface area (Å²) in [6.07, 6.45) is 3.54. The summed E-state index contributed by atoms with van der Waals surface area (Å²) in [7, 11) is -4.83. The van der Waals surface area contributed by atoms with E-state index in [0.717, 1.165) is 23.5 Å². The van der Waals surface area contributed by atoms with Gasteiger partial charge in [-0.05, 0) is 69.7 Å². The number of carbonyl (C=O) groups excluding carboxylic acids is 4. The SMILES string of the molecule is CCOP(=O)(OCC)C(F)(F)c1ccc2sc(C(=O)N[C@H]3CNCC[C@H]4CC[C@@H](C(=O)N[C@@H](CCC(N)=O)c5nccs5)N4C3=O)cc2c1. The van der Waals surface area contributed by atoms with Crippen molar-refractivity contribution in [2.75, 3.05) is 26.3 Å². The Balaban J connectivity index is 1.32. The van der Waals surface area contributed by atoms with Gasteiger partial charge in [0.15, 0.2) is 0 Å². The molecule has 0 saturated carbocycles. The van der Waals surface area contributed by atoms with E-state index < -0.39 is 54.7 Å². The molecule has 3 aromatic rings. The Kier molecular flexibility index (Phi) is 11.8. The Labute approximate surface area is 289 Å². The lowest BCUT2D eigenvalue weighted by Crippen LogP contribution is -2.60. The van der Waals surface area contributed by atoms with Crippen molar-refractivity contribution < 1.29 is 41.6 Å². The highest BCUT2D eigenvalue weighted by molar-refractivity contribution is 7.54. The maximum absolute atomic E-state index is 15.4. The highest BCUT2D eigenvalue weighted by atomic mass is 32.1. The van der Waals surface area contributed by atoms with Gasteiger partial charge in [0.05, 0.1) is 24.1 Å². The van der Waals surface area contributed by atoms with Crippen molar-refractivity contribution >= 4 is 64.0 Å². The molecule has 2 aromatic heterocycles. The molecule has 2 fully saturated rings. The van der Waals surface area contributed by atoms with Crippen molar-refractivity contribution in [2.45, 2.75) is 75.8 Å². The maximum Gasteiger partial charge on any atom is 0.404 e. The van der Waals surface area contributed by atoms with Crippen LogP contribution in [0.3, 0.4) is 0 Å². The van der Waals surface area contributed by atoms with Gasteiger partial charge in [0.25, 0.3) is 5.91 Å². The molecule has 2 aliphatic rings. The second kappa shape index (κ2) is 15.7. The zero-order valence-electron chi connectivity index (χ0n) is 27.0. The maximum atomic E-state index is 15.4. The molecule has 13 nitrogen and oxygen atoms in total. The molecule has 18 heteroatoms. The first-order valence-corrected chi connectivity index (χ1v) is 19.2. The highest BCUT2D eigenvalue weighted by Crippen LogP contribution is 2.67. The van der Waals surface area contributed by atoms with E-state index in [-0.39, 0.29) is 49.4 Å². The minimum absolute atomic E-state index is 0.0447. The second-order valence-corrected chi connectivity index (χ2v) is 15.8. The van der Waals surface area contributed by atoms with Crippen LogP contribution in [0.25, 0.3) is 10.1 Å². The smallest absolute Gasteiger partial charge is 0.370 e. The van der Waals surface area contributed by atoms with Gasteiger partial charge in [-0.25, -0.2) is 4.98 Å². The van der Waals surface area contributed by atoms with Crippen LogP contribution < -0.4 is 21.7 Å². The van der Waals surface area contributed by atoms with E-state index >= 15 is 8.78 Å². The van der Waals surface area contributed by atoms with Crippen molar-refractivity contribution in [2.24, 2.45) is 5.73 Å². The number of halogens is 2. The van der Waals surface area contributed by atoms with E-state index in [1.165, 1.54) is 37.3 Å². The van der Waals surface area contributed by atoms with Crippen molar-refractivity contribution in [1.29, 1.82) is 0 Å². The summed E-state index contributed by atoms with van der Waals surface area (Å²) >= 11 is 2.39. The van der Waals surface area contributed by atoms with Gasteiger partial charge in [-0.1, -0.05) is 6.07 Å². The number of aromatic nitrogens is 1. The Bertz CT molecular complexity index is 1710. The summed E-state index contributed by atoms with van der Waals surface area (Å²) in [6.45, 7) is 3.09. The zero-order chi connectivity index (χ0) is 35.3. The molecule has 0 unspecified atom stereocenters. The molecule has 5 rings (SSSR count). The Morgan fingerprint density at radius 3 is 2.61 bits per heavy atom. The van der Waals surface area contributed by atoms with E-state index in [2.05, 4.69) is 20.9 Å². The van der Waals surface area contributed by atoms with Crippen LogP contribution in [0.5, 0.6) is 0 Å². The number of amides is 4. The first-order valence-electron chi connectivity index (χ1n) is 16.0. The summed E-state index contributed by atoms with van der Waals surface area (Å²) in [5.41, 5.74) is 0.836. The third-order valence-electron chi connectivity index (χ3n) is 8.44. The molecule has 5 N–H and O–H groups in total. The molecule has 0 radical (unpaired) electrons. The summed E-state index contributed by atoms with van der Waals surface area (Å²) in [4.78, 5) is 58.6. The molecule has 49 heavy (non-hydrogen) atoms. The second-order valence-electron chi connectivity index (χ2n) is 11.7. The number of fused-ring (bicyclic) bond motifs is 2. The Morgan fingerprint density at radius 2 is 1.94 bits per heavy atom. The van der Waals surface area contributed by atoms with Gasteiger partial charge in [0, 0.05) is 40.8 Å². The van der Waals surface area contributed by atoms with Crippen molar-refractivity contribution in [3.05, 3.63) is 51.3 Å². The van der Waals surface area contributed by atoms with Crippen molar-refractivity contribution in [3.63, 3.8) is 0 Å². The molecule has 266 valence electrons. The van der Waals surface area contributed by atoms with Crippen LogP contribution in [-0.2, 0) is 33.7 Å². The number of hydrogen-bond acceptors (Lipinski definition) is 11. The van der Waals surface area contributed by atoms with Crippen LogP contribution in [0.4, 0.5) is 8.78 Å². The molecule has 4 heterocycles. The molecule has 2 saturated heterocycles. The largest absolute Gasteiger partial charge is 0.404 e. The van der Waals surface area contributed by atoms with Gasteiger partial charge in [-0.15, -0.1) is 22.7 Å². The number of benzene rings is 1. The molecule has 0 spiro atoms. The van der Waals surface area contributed by atoms with Crippen molar-refractivity contribution in [3.8, 4) is 0 Å². The molecule has 4 atom stereocenters. The third-order valence-corrected chi connectivity index (χ3v) is 12.6. The first-order chi connectivity index (χ1) is 23.4. The van der Waals surface area contributed by atoms with Gasteiger partial charge in [-0.2, -0.15) is 8.78 Å². The molecule has 1 aromatic carbocycles. The number of hydrogen-bond donors (Lipinski definition) is 4. The van der Waals surface area contributed by atoms with Gasteiger partial charge < -0.3 is 35.6 Å². The molecule has 2 aliphatic heterocycles.